The van der Waals surface area contributed by atoms with Gasteiger partial charge in [-0.15, -0.1) is 0 Å². The molecule has 2 heterocycles. The number of hydrogen-bond donors (Lipinski definition) is 0. The van der Waals surface area contributed by atoms with Crippen LogP contribution in [0.15, 0.2) is 53.2 Å². The van der Waals surface area contributed by atoms with Gasteiger partial charge in [0.1, 0.15) is 6.10 Å². The Bertz CT molecular complexity index is 891. The first-order valence-electron chi connectivity index (χ1n) is 10.5. The quantitative estimate of drug-likeness (QED) is 0.545. The normalized spacial score (nSPS) is 15.0. The first kappa shape index (κ1) is 19.6. The Morgan fingerprint density at radius 1 is 1.03 bits per heavy atom. The molecule has 0 bridgehead atoms. The maximum atomic E-state index is 6.19. The highest BCUT2D eigenvalue weighted by Crippen LogP contribution is 2.29. The predicted molar refractivity (Wildman–Crippen MR) is 111 cm³/mol. The lowest BCUT2D eigenvalue weighted by Crippen LogP contribution is -2.22. The maximum Gasteiger partial charge on any atom is 0.241 e. The Morgan fingerprint density at radius 2 is 1.86 bits per heavy atom. The van der Waals surface area contributed by atoms with Gasteiger partial charge in [0, 0.05) is 12.7 Å². The number of nitrogens with zero attached hydrogens (tertiary/aromatic N) is 4. The maximum absolute atomic E-state index is 6.19. The SMILES string of the molecule is CCN(Cc1ccccc1)Cc1nc(-c2cccnc2OC2CCCCC2)no1. The van der Waals surface area contributed by atoms with Crippen molar-refractivity contribution in [3.63, 3.8) is 0 Å². The molecule has 0 N–H and O–H groups in total. The van der Waals surface area contributed by atoms with Crippen molar-refractivity contribution in [2.45, 2.75) is 58.2 Å². The van der Waals surface area contributed by atoms with Crippen molar-refractivity contribution < 1.29 is 9.26 Å². The van der Waals surface area contributed by atoms with Crippen LogP contribution in [0.5, 0.6) is 5.88 Å². The zero-order valence-corrected chi connectivity index (χ0v) is 17.0. The number of pyridine rings is 1. The van der Waals surface area contributed by atoms with E-state index in [9.17, 15) is 0 Å². The Labute approximate surface area is 171 Å². The van der Waals surface area contributed by atoms with Crippen LogP contribution >= 0.6 is 0 Å². The summed E-state index contributed by atoms with van der Waals surface area (Å²) in [5.74, 6) is 1.74. The van der Waals surface area contributed by atoms with Gasteiger partial charge in [-0.05, 0) is 49.9 Å². The summed E-state index contributed by atoms with van der Waals surface area (Å²) in [4.78, 5) is 11.3. The van der Waals surface area contributed by atoms with Crippen molar-refractivity contribution in [2.75, 3.05) is 6.54 Å². The number of aromatic nitrogens is 3. The molecule has 0 unspecified atom stereocenters. The summed E-state index contributed by atoms with van der Waals surface area (Å²) in [6, 6.07) is 14.2. The third-order valence-electron chi connectivity index (χ3n) is 5.37. The average molecular weight is 393 g/mol. The average Bonchev–Trinajstić information content (AvgIpc) is 3.23. The van der Waals surface area contributed by atoms with Crippen LogP contribution in [0.2, 0.25) is 0 Å². The van der Waals surface area contributed by atoms with Crippen LogP contribution in [0, 0.1) is 0 Å². The van der Waals surface area contributed by atoms with Crippen LogP contribution in [0.3, 0.4) is 0 Å². The van der Waals surface area contributed by atoms with Gasteiger partial charge in [0.25, 0.3) is 0 Å². The zero-order chi connectivity index (χ0) is 19.9. The van der Waals surface area contributed by atoms with Crippen LogP contribution < -0.4 is 4.74 Å². The second kappa shape index (κ2) is 9.65. The summed E-state index contributed by atoms with van der Waals surface area (Å²) in [6.07, 6.45) is 7.87. The second-order valence-electron chi connectivity index (χ2n) is 7.53. The molecule has 1 aliphatic rings. The molecule has 3 aromatic rings. The lowest BCUT2D eigenvalue weighted by atomic mass is 9.98. The van der Waals surface area contributed by atoms with Gasteiger partial charge in [-0.1, -0.05) is 48.8 Å². The van der Waals surface area contributed by atoms with Gasteiger partial charge in [0.2, 0.25) is 17.6 Å². The summed E-state index contributed by atoms with van der Waals surface area (Å²) in [5, 5.41) is 4.20. The molecule has 0 aliphatic heterocycles. The fraction of sp³-hybridized carbons (Fsp3) is 0.435. The predicted octanol–water partition coefficient (Wildman–Crippen LogP) is 4.87. The molecule has 6 heteroatoms. The number of benzene rings is 1. The molecule has 29 heavy (non-hydrogen) atoms. The Hall–Kier alpha value is -2.73. The van der Waals surface area contributed by atoms with E-state index in [0.29, 0.717) is 24.1 Å². The van der Waals surface area contributed by atoms with E-state index in [-0.39, 0.29) is 6.10 Å². The van der Waals surface area contributed by atoms with Crippen LogP contribution in [-0.2, 0) is 13.1 Å². The van der Waals surface area contributed by atoms with Gasteiger partial charge in [-0.25, -0.2) is 4.98 Å². The summed E-state index contributed by atoms with van der Waals surface area (Å²) in [7, 11) is 0. The molecule has 0 spiro atoms. The molecule has 0 saturated heterocycles. The third kappa shape index (κ3) is 5.21. The smallest absolute Gasteiger partial charge is 0.241 e. The number of rotatable bonds is 8. The summed E-state index contributed by atoms with van der Waals surface area (Å²) >= 11 is 0. The second-order valence-corrected chi connectivity index (χ2v) is 7.53. The molecule has 1 aliphatic carbocycles. The van der Waals surface area contributed by atoms with Crippen molar-refractivity contribution in [3.8, 4) is 17.3 Å². The molecule has 0 amide bonds. The molecule has 1 aromatic carbocycles. The van der Waals surface area contributed by atoms with Gasteiger partial charge in [0.15, 0.2) is 0 Å². The van der Waals surface area contributed by atoms with Gasteiger partial charge >= 0.3 is 0 Å². The Balaban J connectivity index is 1.46. The van der Waals surface area contributed by atoms with E-state index in [2.05, 4.69) is 51.2 Å². The van der Waals surface area contributed by atoms with Gasteiger partial charge in [-0.2, -0.15) is 4.98 Å². The van der Waals surface area contributed by atoms with Crippen molar-refractivity contribution in [1.29, 1.82) is 0 Å². The molecule has 2 aromatic heterocycles. The van der Waals surface area contributed by atoms with E-state index in [1.54, 1.807) is 6.20 Å². The molecule has 1 fully saturated rings. The van der Waals surface area contributed by atoms with Crippen LogP contribution in [0.25, 0.3) is 11.4 Å². The lowest BCUT2D eigenvalue weighted by Gasteiger charge is -2.23. The number of hydrogen-bond acceptors (Lipinski definition) is 6. The minimum absolute atomic E-state index is 0.227. The fourth-order valence-electron chi connectivity index (χ4n) is 3.74. The first-order valence-corrected chi connectivity index (χ1v) is 10.5. The van der Waals surface area contributed by atoms with E-state index in [1.165, 1.54) is 24.8 Å². The third-order valence-corrected chi connectivity index (χ3v) is 5.37. The van der Waals surface area contributed by atoms with Crippen LogP contribution in [-0.4, -0.2) is 32.7 Å². The van der Waals surface area contributed by atoms with E-state index in [0.717, 1.165) is 31.5 Å². The van der Waals surface area contributed by atoms with E-state index >= 15 is 0 Å². The van der Waals surface area contributed by atoms with Crippen molar-refractivity contribution >= 4 is 0 Å². The first-order chi connectivity index (χ1) is 14.3. The van der Waals surface area contributed by atoms with Gasteiger partial charge in [0.05, 0.1) is 12.1 Å². The highest BCUT2D eigenvalue weighted by Gasteiger charge is 2.20. The number of ether oxygens (including phenoxy) is 1. The summed E-state index contributed by atoms with van der Waals surface area (Å²) in [6.45, 7) is 4.49. The van der Waals surface area contributed by atoms with Crippen molar-refractivity contribution in [3.05, 3.63) is 60.1 Å². The molecular formula is C23H28N4O2. The fourth-order valence-corrected chi connectivity index (χ4v) is 3.74. The zero-order valence-electron chi connectivity index (χ0n) is 17.0. The molecule has 152 valence electrons. The molecular weight excluding hydrogens is 364 g/mol. The Kier molecular flexibility index (Phi) is 6.52. The molecule has 1 saturated carbocycles. The van der Waals surface area contributed by atoms with Gasteiger partial charge < -0.3 is 9.26 Å². The van der Waals surface area contributed by atoms with Crippen LogP contribution in [0.4, 0.5) is 0 Å². The van der Waals surface area contributed by atoms with E-state index in [1.807, 2.05) is 18.2 Å². The highest BCUT2D eigenvalue weighted by atomic mass is 16.5. The lowest BCUT2D eigenvalue weighted by molar-refractivity contribution is 0.149. The summed E-state index contributed by atoms with van der Waals surface area (Å²) < 4.78 is 11.7. The van der Waals surface area contributed by atoms with E-state index < -0.39 is 0 Å². The monoisotopic (exact) mass is 392 g/mol. The largest absolute Gasteiger partial charge is 0.474 e. The van der Waals surface area contributed by atoms with Crippen LogP contribution in [0.1, 0.15) is 50.5 Å². The molecule has 0 atom stereocenters. The Morgan fingerprint density at radius 3 is 2.66 bits per heavy atom. The minimum atomic E-state index is 0.227. The van der Waals surface area contributed by atoms with E-state index in [4.69, 9.17) is 9.26 Å². The molecule has 4 rings (SSSR count). The topological polar surface area (TPSA) is 64.3 Å². The molecule has 6 nitrogen and oxygen atoms in total. The van der Waals surface area contributed by atoms with Crippen molar-refractivity contribution in [2.24, 2.45) is 0 Å². The van der Waals surface area contributed by atoms with Crippen molar-refractivity contribution in [1.82, 2.24) is 20.0 Å². The van der Waals surface area contributed by atoms with Gasteiger partial charge in [-0.3, -0.25) is 4.90 Å². The standard InChI is InChI=1S/C23H28N4O2/c1-2-27(16-18-10-5-3-6-11-18)17-21-25-22(26-29-21)20-14-9-15-24-23(20)28-19-12-7-4-8-13-19/h3,5-6,9-11,14-15,19H,2,4,7-8,12-13,16-17H2,1H3. The summed E-state index contributed by atoms with van der Waals surface area (Å²) in [5.41, 5.74) is 2.06. The highest BCUT2D eigenvalue weighted by molar-refractivity contribution is 5.60. The minimum Gasteiger partial charge on any atom is -0.474 e. The molecule has 0 radical (unpaired) electrons.